The molecule has 0 saturated carbocycles. The van der Waals surface area contributed by atoms with Crippen molar-refractivity contribution in [2.45, 2.75) is 46.9 Å². The highest BCUT2D eigenvalue weighted by molar-refractivity contribution is 5.90. The summed E-state index contributed by atoms with van der Waals surface area (Å²) >= 11 is 0. The fourth-order valence-electron chi connectivity index (χ4n) is 2.38. The smallest absolute Gasteiger partial charge is 0.325 e. The lowest BCUT2D eigenvalue weighted by molar-refractivity contribution is -0.145. The predicted molar refractivity (Wildman–Crippen MR) is 125 cm³/mol. The number of methoxy groups -OCH3 is 1. The second-order valence-corrected chi connectivity index (χ2v) is 7.78. The van der Waals surface area contributed by atoms with E-state index in [2.05, 4.69) is 20.6 Å². The lowest BCUT2D eigenvalue weighted by atomic mass is 10.1. The highest BCUT2D eigenvalue weighted by atomic mass is 16.6. The Labute approximate surface area is 201 Å². The van der Waals surface area contributed by atoms with Gasteiger partial charge in [-0.25, -0.2) is 4.68 Å². The van der Waals surface area contributed by atoms with E-state index in [0.29, 0.717) is 58.5 Å². The number of nitrogens with one attached hydrogen (secondary N) is 1. The summed E-state index contributed by atoms with van der Waals surface area (Å²) in [7, 11) is 1.63. The molecule has 194 valence electrons. The Morgan fingerprint density at radius 2 is 1.65 bits per heavy atom. The Morgan fingerprint density at radius 3 is 2.26 bits per heavy atom. The summed E-state index contributed by atoms with van der Waals surface area (Å²) in [4.78, 5) is 28.3. The first-order valence-electron chi connectivity index (χ1n) is 11.4. The quantitative estimate of drug-likeness (QED) is 0.170. The van der Waals surface area contributed by atoms with Crippen molar-refractivity contribution in [1.82, 2.24) is 20.3 Å². The predicted octanol–water partition coefficient (Wildman–Crippen LogP) is 0.639. The Kier molecular flexibility index (Phi) is 15.7. The minimum Gasteiger partial charge on any atom is -0.458 e. The number of carbonyl (C=O) groups is 2. The molecule has 1 aromatic heterocycles. The summed E-state index contributed by atoms with van der Waals surface area (Å²) in [6.45, 7) is 11.3. The normalized spacial score (nSPS) is 12.7. The molecule has 1 heterocycles. The van der Waals surface area contributed by atoms with Crippen molar-refractivity contribution in [3.63, 3.8) is 0 Å². The van der Waals surface area contributed by atoms with Crippen LogP contribution in [0.3, 0.4) is 0 Å². The van der Waals surface area contributed by atoms with Crippen LogP contribution in [0.1, 0.15) is 33.4 Å². The number of hydrogen-bond acceptors (Lipinski definition) is 10. The van der Waals surface area contributed by atoms with Gasteiger partial charge in [0.15, 0.2) is 0 Å². The van der Waals surface area contributed by atoms with Crippen LogP contribution in [0.15, 0.2) is 11.2 Å². The van der Waals surface area contributed by atoms with Gasteiger partial charge in [-0.05, 0) is 19.8 Å². The van der Waals surface area contributed by atoms with Crippen molar-refractivity contribution >= 4 is 17.6 Å². The molecule has 0 spiro atoms. The van der Waals surface area contributed by atoms with Gasteiger partial charge in [0.25, 0.3) is 0 Å². The molecule has 0 aliphatic rings. The molecule has 1 rings (SSSR count). The van der Waals surface area contributed by atoms with Crippen LogP contribution in [0.25, 0.3) is 0 Å². The largest absolute Gasteiger partial charge is 0.458 e. The molecule has 1 amide bonds. The molecule has 0 aliphatic carbocycles. The number of ether oxygens (including phenoxy) is 5. The van der Waals surface area contributed by atoms with Crippen molar-refractivity contribution < 1.29 is 33.3 Å². The molecule has 0 radical (unpaired) electrons. The molecule has 1 atom stereocenters. The number of aromatic nitrogens is 3. The average molecular weight is 486 g/mol. The number of esters is 1. The van der Waals surface area contributed by atoms with Crippen molar-refractivity contribution in [3.8, 4) is 0 Å². The van der Waals surface area contributed by atoms with E-state index in [1.807, 2.05) is 20.8 Å². The fourth-order valence-corrected chi connectivity index (χ4v) is 2.38. The van der Waals surface area contributed by atoms with Crippen LogP contribution in [0.5, 0.6) is 0 Å². The van der Waals surface area contributed by atoms with Crippen LogP contribution in [-0.4, -0.2) is 98.5 Å². The van der Waals surface area contributed by atoms with Crippen LogP contribution in [0.2, 0.25) is 0 Å². The Hall–Kier alpha value is -2.41. The second kappa shape index (κ2) is 18.0. The van der Waals surface area contributed by atoms with Crippen molar-refractivity contribution in [1.29, 1.82) is 0 Å². The summed E-state index contributed by atoms with van der Waals surface area (Å²) in [5.74, 6) is -0.632. The van der Waals surface area contributed by atoms with E-state index in [9.17, 15) is 9.59 Å². The van der Waals surface area contributed by atoms with Crippen molar-refractivity contribution in [2.24, 2.45) is 10.9 Å². The van der Waals surface area contributed by atoms with E-state index in [-0.39, 0.29) is 25.0 Å². The zero-order valence-corrected chi connectivity index (χ0v) is 20.9. The lowest BCUT2D eigenvalue weighted by Crippen LogP contribution is -2.36. The first-order valence-corrected chi connectivity index (χ1v) is 11.4. The first kappa shape index (κ1) is 29.6. The highest BCUT2D eigenvalue weighted by Crippen LogP contribution is 2.01. The summed E-state index contributed by atoms with van der Waals surface area (Å²) in [6.07, 6.45) is 1.68. The maximum atomic E-state index is 12.0. The average Bonchev–Trinajstić information content (AvgIpc) is 3.27. The van der Waals surface area contributed by atoms with Gasteiger partial charge in [-0.1, -0.05) is 19.1 Å². The van der Waals surface area contributed by atoms with E-state index in [4.69, 9.17) is 23.7 Å². The van der Waals surface area contributed by atoms with E-state index in [1.54, 1.807) is 24.9 Å². The van der Waals surface area contributed by atoms with Crippen molar-refractivity contribution in [3.05, 3.63) is 11.9 Å². The van der Waals surface area contributed by atoms with E-state index >= 15 is 0 Å². The van der Waals surface area contributed by atoms with Crippen LogP contribution in [0, 0.1) is 5.92 Å². The van der Waals surface area contributed by atoms with Gasteiger partial charge in [0.2, 0.25) is 5.91 Å². The minimum atomic E-state index is -0.566. The monoisotopic (exact) mass is 485 g/mol. The van der Waals surface area contributed by atoms with Gasteiger partial charge in [0, 0.05) is 12.8 Å². The molecule has 0 saturated heterocycles. The van der Waals surface area contributed by atoms with Gasteiger partial charge in [0.05, 0.1) is 59.0 Å². The standard InChI is InChI=1S/C22H39N5O7/c1-17(2)18(3)24-19(4)22(29)23-14-21(28)34-16-20-15-27(26-25-20)6-7-31-10-11-33-13-12-32-9-8-30-5/h15,17,19H,6-14,16H2,1-5H3,(H,23,29). The minimum absolute atomic E-state index is 0.0317. The van der Waals surface area contributed by atoms with Crippen molar-refractivity contribution in [2.75, 3.05) is 59.9 Å². The number of carbonyl (C=O) groups excluding carboxylic acids is 2. The van der Waals surface area contributed by atoms with Gasteiger partial charge in [-0.3, -0.25) is 14.6 Å². The number of nitrogens with zero attached hydrogens (tertiary/aromatic N) is 4. The van der Waals surface area contributed by atoms with Crippen LogP contribution >= 0.6 is 0 Å². The molecule has 0 aliphatic heterocycles. The molecule has 1 unspecified atom stereocenters. The molecule has 12 heteroatoms. The molecule has 0 fully saturated rings. The maximum absolute atomic E-state index is 12.0. The molecular weight excluding hydrogens is 446 g/mol. The van der Waals surface area contributed by atoms with Gasteiger partial charge in [-0.15, -0.1) is 5.10 Å². The number of aliphatic imine (C=N–C) groups is 1. The molecule has 1 aromatic rings. The lowest BCUT2D eigenvalue weighted by Gasteiger charge is -2.11. The Bertz CT molecular complexity index is 739. The topological polar surface area (TPSA) is 135 Å². The highest BCUT2D eigenvalue weighted by Gasteiger charge is 2.14. The van der Waals surface area contributed by atoms with Gasteiger partial charge >= 0.3 is 5.97 Å². The van der Waals surface area contributed by atoms with E-state index in [1.165, 1.54) is 0 Å². The fraction of sp³-hybridized carbons (Fsp3) is 0.773. The van der Waals surface area contributed by atoms with Gasteiger partial charge < -0.3 is 29.0 Å². The summed E-state index contributed by atoms with van der Waals surface area (Å²) in [5, 5.41) is 10.5. The SMILES string of the molecule is COCCOCCOCCOCCn1cc(COC(=O)CNC(=O)C(C)N=C(C)C(C)C)nn1. The number of amides is 1. The summed E-state index contributed by atoms with van der Waals surface area (Å²) < 4.78 is 27.8. The summed E-state index contributed by atoms with van der Waals surface area (Å²) in [6, 6.07) is -0.566. The molecule has 12 nitrogen and oxygen atoms in total. The number of hydrogen-bond donors (Lipinski definition) is 1. The second-order valence-electron chi connectivity index (χ2n) is 7.78. The van der Waals surface area contributed by atoms with Crippen LogP contribution in [-0.2, 0) is 46.4 Å². The van der Waals surface area contributed by atoms with Crippen LogP contribution < -0.4 is 5.32 Å². The van der Waals surface area contributed by atoms with E-state index in [0.717, 1.165) is 5.71 Å². The zero-order chi connectivity index (χ0) is 25.2. The molecule has 0 bridgehead atoms. The molecular formula is C22H39N5O7. The van der Waals surface area contributed by atoms with E-state index < -0.39 is 12.0 Å². The Morgan fingerprint density at radius 1 is 1.03 bits per heavy atom. The molecule has 1 N–H and O–H groups in total. The maximum Gasteiger partial charge on any atom is 0.325 e. The van der Waals surface area contributed by atoms with Gasteiger partial charge in [-0.2, -0.15) is 0 Å². The molecule has 34 heavy (non-hydrogen) atoms. The third kappa shape index (κ3) is 14.0. The van der Waals surface area contributed by atoms with Crippen LogP contribution in [0.4, 0.5) is 0 Å². The first-order chi connectivity index (χ1) is 16.3. The Balaban J connectivity index is 2.12. The third-order valence-electron chi connectivity index (χ3n) is 4.63. The van der Waals surface area contributed by atoms with Gasteiger partial charge in [0.1, 0.15) is 24.9 Å². The zero-order valence-electron chi connectivity index (χ0n) is 20.9. The summed E-state index contributed by atoms with van der Waals surface area (Å²) in [5.41, 5.74) is 1.38. The third-order valence-corrected chi connectivity index (χ3v) is 4.63. The molecule has 0 aromatic carbocycles. The number of rotatable bonds is 19.